The molecule has 0 aliphatic carbocycles. The van der Waals surface area contributed by atoms with Crippen molar-refractivity contribution < 1.29 is 27.4 Å². The number of aliphatic carboxylic acids is 1. The molecule has 3 aromatic rings. The lowest BCUT2D eigenvalue weighted by atomic mass is 9.95. The molecule has 6 nitrogen and oxygen atoms in total. The second kappa shape index (κ2) is 8.88. The number of hydrogen-bond donors (Lipinski definition) is 1. The van der Waals surface area contributed by atoms with E-state index in [1.165, 1.54) is 28.6 Å². The number of hydrogen-bond acceptors (Lipinski definition) is 4. The van der Waals surface area contributed by atoms with E-state index < -0.39 is 21.8 Å². The molecular formula is C24H24FNO5S. The molecule has 0 saturated carbocycles. The first kappa shape index (κ1) is 22.2. The molecule has 0 amide bonds. The Morgan fingerprint density at radius 2 is 1.78 bits per heavy atom. The van der Waals surface area contributed by atoms with Gasteiger partial charge in [0.1, 0.15) is 17.3 Å². The Morgan fingerprint density at radius 1 is 1.09 bits per heavy atom. The van der Waals surface area contributed by atoms with Gasteiger partial charge in [-0.25, -0.2) is 12.8 Å². The highest BCUT2D eigenvalue weighted by molar-refractivity contribution is 7.89. The number of halogens is 1. The third-order valence-corrected chi connectivity index (χ3v) is 7.61. The Bertz CT molecular complexity index is 1270. The van der Waals surface area contributed by atoms with Crippen LogP contribution in [0.2, 0.25) is 0 Å². The zero-order valence-corrected chi connectivity index (χ0v) is 18.5. The van der Waals surface area contributed by atoms with Crippen LogP contribution in [-0.4, -0.2) is 36.9 Å². The number of carboxylic acids is 1. The fourth-order valence-electron chi connectivity index (χ4n) is 4.13. The van der Waals surface area contributed by atoms with Gasteiger partial charge in [0.05, 0.1) is 11.3 Å². The topological polar surface area (TPSA) is 83.9 Å². The number of fused-ring (bicyclic) bond motifs is 1. The summed E-state index contributed by atoms with van der Waals surface area (Å²) < 4.78 is 47.1. The molecule has 1 heterocycles. The van der Waals surface area contributed by atoms with Crippen molar-refractivity contribution in [3.8, 4) is 11.5 Å². The molecule has 8 heteroatoms. The van der Waals surface area contributed by atoms with E-state index >= 15 is 0 Å². The van der Waals surface area contributed by atoms with E-state index in [0.29, 0.717) is 52.9 Å². The van der Waals surface area contributed by atoms with Crippen LogP contribution in [0.3, 0.4) is 0 Å². The number of carbonyl (C=O) groups is 1. The average Bonchev–Trinajstić information content (AvgIpc) is 3.30. The molecule has 168 valence electrons. The third kappa shape index (κ3) is 4.33. The maximum Gasteiger partial charge on any atom is 0.307 e. The largest absolute Gasteiger partial charge is 0.481 e. The van der Waals surface area contributed by atoms with Crippen LogP contribution in [-0.2, 0) is 27.7 Å². The summed E-state index contributed by atoms with van der Waals surface area (Å²) in [7, 11) is -3.54. The number of benzene rings is 3. The van der Waals surface area contributed by atoms with Crippen molar-refractivity contribution in [2.75, 3.05) is 13.1 Å². The van der Waals surface area contributed by atoms with Crippen LogP contribution in [0.15, 0.2) is 53.4 Å². The molecule has 3 aromatic carbocycles. The van der Waals surface area contributed by atoms with Gasteiger partial charge in [-0.05, 0) is 72.2 Å². The maximum atomic E-state index is 14.0. The second-order valence-electron chi connectivity index (χ2n) is 7.82. The first-order valence-corrected chi connectivity index (χ1v) is 12.0. The normalized spacial score (nSPS) is 14.7. The molecule has 0 radical (unpaired) electrons. The summed E-state index contributed by atoms with van der Waals surface area (Å²) in [5.41, 5.74) is 1.28. The minimum absolute atomic E-state index is 0.181. The molecule has 0 aromatic heterocycles. The highest BCUT2D eigenvalue weighted by Gasteiger charge is 2.27. The van der Waals surface area contributed by atoms with Crippen molar-refractivity contribution in [1.82, 2.24) is 4.31 Å². The van der Waals surface area contributed by atoms with Crippen LogP contribution in [0, 0.1) is 5.82 Å². The monoisotopic (exact) mass is 457 g/mol. The zero-order chi connectivity index (χ0) is 22.9. The van der Waals surface area contributed by atoms with Crippen molar-refractivity contribution in [2.45, 2.75) is 37.5 Å². The van der Waals surface area contributed by atoms with Gasteiger partial charge in [-0.3, -0.25) is 4.79 Å². The summed E-state index contributed by atoms with van der Waals surface area (Å²) >= 11 is 0. The lowest BCUT2D eigenvalue weighted by Crippen LogP contribution is -2.27. The van der Waals surface area contributed by atoms with Crippen LogP contribution in [0.5, 0.6) is 11.5 Å². The van der Waals surface area contributed by atoms with E-state index in [9.17, 15) is 22.7 Å². The molecule has 0 unspecified atom stereocenters. The maximum absolute atomic E-state index is 14.0. The summed E-state index contributed by atoms with van der Waals surface area (Å²) in [6.45, 7) is 2.92. The number of sulfonamides is 1. The Morgan fingerprint density at radius 3 is 2.41 bits per heavy atom. The van der Waals surface area contributed by atoms with Gasteiger partial charge in [0.25, 0.3) is 0 Å². The minimum atomic E-state index is -3.54. The molecule has 4 rings (SSSR count). The minimum Gasteiger partial charge on any atom is -0.481 e. The summed E-state index contributed by atoms with van der Waals surface area (Å²) in [6, 6.07) is 12.2. The highest BCUT2D eigenvalue weighted by Crippen LogP contribution is 2.37. The molecule has 1 N–H and O–H groups in total. The van der Waals surface area contributed by atoms with E-state index in [-0.39, 0.29) is 11.3 Å². The Labute approximate surface area is 186 Å². The molecule has 1 aliphatic rings. The van der Waals surface area contributed by atoms with E-state index in [2.05, 4.69) is 0 Å². The van der Waals surface area contributed by atoms with Gasteiger partial charge in [0.15, 0.2) is 0 Å². The number of ether oxygens (including phenoxy) is 1. The first-order chi connectivity index (χ1) is 15.3. The van der Waals surface area contributed by atoms with Gasteiger partial charge < -0.3 is 9.84 Å². The predicted molar refractivity (Wildman–Crippen MR) is 119 cm³/mol. The molecule has 0 atom stereocenters. The lowest BCUT2D eigenvalue weighted by molar-refractivity contribution is -0.136. The zero-order valence-electron chi connectivity index (χ0n) is 17.7. The second-order valence-corrected chi connectivity index (χ2v) is 9.76. The summed E-state index contributed by atoms with van der Waals surface area (Å²) in [5.74, 6) is -0.625. The Balaban J connectivity index is 1.74. The highest BCUT2D eigenvalue weighted by atomic mass is 32.2. The molecular weight excluding hydrogens is 433 g/mol. The standard InChI is InChI=1S/C24H24FNO5S/c1-2-21-17(14-23(27)28)13-16-5-6-18(25)15-22(16)24(21)31-19-7-9-20(10-8-19)32(29,30)26-11-3-4-12-26/h5-10,13,15H,2-4,11-12,14H2,1H3,(H,27,28). The fourth-order valence-corrected chi connectivity index (χ4v) is 5.65. The average molecular weight is 458 g/mol. The first-order valence-electron chi connectivity index (χ1n) is 10.5. The van der Waals surface area contributed by atoms with Gasteiger partial charge in [0.2, 0.25) is 10.0 Å². The summed E-state index contributed by atoms with van der Waals surface area (Å²) in [6.07, 6.45) is 2.03. The van der Waals surface area contributed by atoms with Gasteiger partial charge in [-0.1, -0.05) is 19.1 Å². The molecule has 1 fully saturated rings. The van der Waals surface area contributed by atoms with Crippen LogP contribution in [0.4, 0.5) is 4.39 Å². The van der Waals surface area contributed by atoms with Crippen LogP contribution >= 0.6 is 0 Å². The molecule has 0 spiro atoms. The number of rotatable bonds is 7. The van der Waals surface area contributed by atoms with Crippen LogP contribution < -0.4 is 4.74 Å². The van der Waals surface area contributed by atoms with Gasteiger partial charge in [0, 0.05) is 18.5 Å². The van der Waals surface area contributed by atoms with Gasteiger partial charge in [-0.2, -0.15) is 4.31 Å². The van der Waals surface area contributed by atoms with E-state index in [1.807, 2.05) is 6.92 Å². The van der Waals surface area contributed by atoms with Crippen LogP contribution in [0.25, 0.3) is 10.8 Å². The van der Waals surface area contributed by atoms with Crippen molar-refractivity contribution in [1.29, 1.82) is 0 Å². The van der Waals surface area contributed by atoms with Crippen molar-refractivity contribution in [3.05, 3.63) is 65.5 Å². The molecule has 1 aliphatic heterocycles. The van der Waals surface area contributed by atoms with Gasteiger partial charge in [-0.15, -0.1) is 0 Å². The van der Waals surface area contributed by atoms with E-state index in [0.717, 1.165) is 12.8 Å². The smallest absolute Gasteiger partial charge is 0.307 e. The van der Waals surface area contributed by atoms with E-state index in [4.69, 9.17) is 4.74 Å². The molecule has 1 saturated heterocycles. The molecule has 0 bridgehead atoms. The number of nitrogens with zero attached hydrogens (tertiary/aromatic N) is 1. The quantitative estimate of drug-likeness (QED) is 0.554. The summed E-state index contributed by atoms with van der Waals surface area (Å²) in [5, 5.41) is 10.5. The van der Waals surface area contributed by atoms with E-state index in [1.54, 1.807) is 24.3 Å². The predicted octanol–water partition coefficient (Wildman–Crippen LogP) is 4.75. The number of carboxylic acid groups (broad SMARTS) is 1. The van der Waals surface area contributed by atoms with Crippen LogP contribution in [0.1, 0.15) is 30.9 Å². The third-order valence-electron chi connectivity index (χ3n) is 5.69. The van der Waals surface area contributed by atoms with Crippen molar-refractivity contribution in [3.63, 3.8) is 0 Å². The Hall–Kier alpha value is -2.97. The van der Waals surface area contributed by atoms with Crippen molar-refractivity contribution >= 4 is 26.8 Å². The summed E-state index contributed by atoms with van der Waals surface area (Å²) in [4.78, 5) is 11.6. The lowest BCUT2D eigenvalue weighted by Gasteiger charge is -2.18. The Kier molecular flexibility index (Phi) is 6.17. The van der Waals surface area contributed by atoms with Crippen molar-refractivity contribution in [2.24, 2.45) is 0 Å². The fraction of sp³-hybridized carbons (Fsp3) is 0.292. The molecule has 32 heavy (non-hydrogen) atoms. The SMILES string of the molecule is CCc1c(CC(=O)O)cc2ccc(F)cc2c1Oc1ccc(S(=O)(=O)N2CCCC2)cc1. The van der Waals surface area contributed by atoms with Gasteiger partial charge >= 0.3 is 5.97 Å².